The van der Waals surface area contributed by atoms with E-state index >= 15 is 0 Å². The van der Waals surface area contributed by atoms with Crippen molar-refractivity contribution >= 4 is 34.8 Å². The second kappa shape index (κ2) is 8.84. The predicted octanol–water partition coefficient (Wildman–Crippen LogP) is 3.60. The molecule has 2 N–H and O–H groups in total. The van der Waals surface area contributed by atoms with E-state index in [1.165, 1.54) is 0 Å². The highest BCUT2D eigenvalue weighted by Crippen LogP contribution is 2.10. The largest absolute Gasteiger partial charge is 0.326 e. The average Bonchev–Trinajstić information content (AvgIpc) is 2.59. The number of nitrogens with zero attached hydrogens (tertiary/aromatic N) is 1. The maximum absolute atomic E-state index is 11.8. The third kappa shape index (κ3) is 5.85. The van der Waals surface area contributed by atoms with Gasteiger partial charge in [-0.15, -0.1) is 0 Å². The molecule has 124 valence electrons. The Labute approximate surface area is 145 Å². The number of halogens is 1. The van der Waals surface area contributed by atoms with Crippen LogP contribution in [-0.2, 0) is 9.59 Å². The first-order valence-electron chi connectivity index (χ1n) is 7.48. The highest BCUT2D eigenvalue weighted by atomic mass is 35.5. The molecule has 2 aromatic rings. The molecule has 0 aliphatic carbocycles. The molecule has 0 fully saturated rings. The van der Waals surface area contributed by atoms with Crippen LogP contribution in [-0.4, -0.2) is 17.5 Å². The number of carbonyl (C=O) groups is 2. The fourth-order valence-corrected chi connectivity index (χ4v) is 2.06. The lowest BCUT2D eigenvalue weighted by Crippen LogP contribution is -2.21. The Hall–Kier alpha value is -2.66. The number of nitrogens with one attached hydrogen (secondary N) is 2. The quantitative estimate of drug-likeness (QED) is 0.621. The van der Waals surface area contributed by atoms with Crippen LogP contribution in [0.3, 0.4) is 0 Å². The molecule has 0 heterocycles. The SMILES string of the molecule is C/C(=N\NC(=O)CCC(=O)Nc1ccccc1)c1ccc(Cl)cc1. The van der Waals surface area contributed by atoms with Crippen LogP contribution in [0.25, 0.3) is 0 Å². The highest BCUT2D eigenvalue weighted by Gasteiger charge is 2.07. The van der Waals surface area contributed by atoms with E-state index in [1.807, 2.05) is 30.3 Å². The van der Waals surface area contributed by atoms with Crippen LogP contribution in [0.1, 0.15) is 25.3 Å². The van der Waals surface area contributed by atoms with E-state index < -0.39 is 0 Å². The summed E-state index contributed by atoms with van der Waals surface area (Å²) in [6.45, 7) is 1.78. The Morgan fingerprint density at radius 3 is 2.25 bits per heavy atom. The Bertz CT molecular complexity index is 728. The van der Waals surface area contributed by atoms with Gasteiger partial charge in [0, 0.05) is 23.6 Å². The molecular formula is C18H18ClN3O2. The predicted molar refractivity (Wildman–Crippen MR) is 96.1 cm³/mol. The summed E-state index contributed by atoms with van der Waals surface area (Å²) in [7, 11) is 0. The maximum atomic E-state index is 11.8. The molecule has 6 heteroatoms. The van der Waals surface area contributed by atoms with Crippen molar-refractivity contribution in [2.75, 3.05) is 5.32 Å². The van der Waals surface area contributed by atoms with Crippen molar-refractivity contribution in [3.63, 3.8) is 0 Å². The van der Waals surface area contributed by atoms with Gasteiger partial charge in [-0.25, -0.2) is 5.43 Å². The van der Waals surface area contributed by atoms with Crippen molar-refractivity contribution in [1.29, 1.82) is 0 Å². The van der Waals surface area contributed by atoms with Crippen molar-refractivity contribution in [2.45, 2.75) is 19.8 Å². The molecule has 0 saturated heterocycles. The van der Waals surface area contributed by atoms with Crippen LogP contribution in [0.5, 0.6) is 0 Å². The first kappa shape index (κ1) is 17.7. The third-order valence-electron chi connectivity index (χ3n) is 3.25. The number of hydrazone groups is 1. The van der Waals surface area contributed by atoms with Crippen LogP contribution < -0.4 is 10.7 Å². The van der Waals surface area contributed by atoms with Gasteiger partial charge in [0.15, 0.2) is 0 Å². The summed E-state index contributed by atoms with van der Waals surface area (Å²) in [5, 5.41) is 7.39. The molecule has 0 atom stereocenters. The minimum atomic E-state index is -0.313. The van der Waals surface area contributed by atoms with E-state index in [2.05, 4.69) is 15.8 Å². The highest BCUT2D eigenvalue weighted by molar-refractivity contribution is 6.30. The molecule has 0 unspecified atom stereocenters. The Morgan fingerprint density at radius 2 is 1.58 bits per heavy atom. The lowest BCUT2D eigenvalue weighted by atomic mass is 10.1. The number of hydrogen-bond acceptors (Lipinski definition) is 3. The van der Waals surface area contributed by atoms with Crippen molar-refractivity contribution in [3.8, 4) is 0 Å². The summed E-state index contributed by atoms with van der Waals surface area (Å²) < 4.78 is 0. The number of para-hydroxylation sites is 1. The minimum absolute atomic E-state index is 0.0655. The third-order valence-corrected chi connectivity index (χ3v) is 3.50. The zero-order chi connectivity index (χ0) is 17.4. The van der Waals surface area contributed by atoms with Crippen molar-refractivity contribution in [1.82, 2.24) is 5.43 Å². The van der Waals surface area contributed by atoms with Crippen molar-refractivity contribution < 1.29 is 9.59 Å². The molecule has 0 radical (unpaired) electrons. The van der Waals surface area contributed by atoms with Crippen molar-refractivity contribution in [2.24, 2.45) is 5.10 Å². The molecule has 0 bridgehead atoms. The van der Waals surface area contributed by atoms with Gasteiger partial charge in [-0.2, -0.15) is 5.10 Å². The smallest absolute Gasteiger partial charge is 0.240 e. The summed E-state index contributed by atoms with van der Waals surface area (Å²) in [6, 6.07) is 16.3. The number of hydrogen-bond donors (Lipinski definition) is 2. The summed E-state index contributed by atoms with van der Waals surface area (Å²) in [4.78, 5) is 23.5. The second-order valence-electron chi connectivity index (χ2n) is 5.15. The monoisotopic (exact) mass is 343 g/mol. The number of amides is 2. The second-order valence-corrected chi connectivity index (χ2v) is 5.59. The lowest BCUT2D eigenvalue weighted by molar-refractivity contribution is -0.124. The van der Waals surface area contributed by atoms with Crippen molar-refractivity contribution in [3.05, 3.63) is 65.2 Å². The molecular weight excluding hydrogens is 326 g/mol. The summed E-state index contributed by atoms with van der Waals surface area (Å²) in [5.41, 5.74) is 4.68. The summed E-state index contributed by atoms with van der Waals surface area (Å²) in [5.74, 6) is -0.527. The Morgan fingerprint density at radius 1 is 0.958 bits per heavy atom. The van der Waals surface area contributed by atoms with Crippen LogP contribution in [0.2, 0.25) is 5.02 Å². The number of anilines is 1. The normalized spacial score (nSPS) is 11.0. The fourth-order valence-electron chi connectivity index (χ4n) is 1.93. The van der Waals surface area contributed by atoms with Gasteiger partial charge < -0.3 is 5.32 Å². The zero-order valence-electron chi connectivity index (χ0n) is 13.3. The van der Waals surface area contributed by atoms with E-state index in [1.54, 1.807) is 31.2 Å². The number of carbonyl (C=O) groups excluding carboxylic acids is 2. The molecule has 0 aliphatic rings. The van der Waals surface area contributed by atoms with Gasteiger partial charge >= 0.3 is 0 Å². The van der Waals surface area contributed by atoms with E-state index in [9.17, 15) is 9.59 Å². The first-order chi connectivity index (χ1) is 11.5. The van der Waals surface area contributed by atoms with Crippen LogP contribution in [0, 0.1) is 0 Å². The summed E-state index contributed by atoms with van der Waals surface area (Å²) >= 11 is 5.83. The minimum Gasteiger partial charge on any atom is -0.326 e. The van der Waals surface area contributed by atoms with Gasteiger partial charge in [-0.1, -0.05) is 41.9 Å². The molecule has 2 rings (SSSR count). The van der Waals surface area contributed by atoms with E-state index in [-0.39, 0.29) is 24.7 Å². The Kier molecular flexibility index (Phi) is 6.51. The molecule has 2 amide bonds. The first-order valence-corrected chi connectivity index (χ1v) is 7.86. The molecule has 2 aromatic carbocycles. The zero-order valence-corrected chi connectivity index (χ0v) is 14.0. The number of benzene rings is 2. The Balaban J connectivity index is 1.77. The molecule has 0 aromatic heterocycles. The maximum Gasteiger partial charge on any atom is 0.240 e. The van der Waals surface area contributed by atoms with Crippen LogP contribution in [0.15, 0.2) is 59.7 Å². The van der Waals surface area contributed by atoms with Gasteiger partial charge in [-0.05, 0) is 36.8 Å². The number of rotatable bonds is 6. The van der Waals surface area contributed by atoms with Gasteiger partial charge in [0.2, 0.25) is 11.8 Å². The van der Waals surface area contributed by atoms with Crippen LogP contribution in [0.4, 0.5) is 5.69 Å². The lowest BCUT2D eigenvalue weighted by Gasteiger charge is -2.05. The topological polar surface area (TPSA) is 70.6 Å². The van der Waals surface area contributed by atoms with Gasteiger partial charge in [0.25, 0.3) is 0 Å². The van der Waals surface area contributed by atoms with Gasteiger partial charge in [-0.3, -0.25) is 9.59 Å². The van der Waals surface area contributed by atoms with Gasteiger partial charge in [0.1, 0.15) is 0 Å². The molecule has 24 heavy (non-hydrogen) atoms. The fraction of sp³-hybridized carbons (Fsp3) is 0.167. The van der Waals surface area contributed by atoms with E-state index in [0.29, 0.717) is 16.4 Å². The van der Waals surface area contributed by atoms with E-state index in [0.717, 1.165) is 5.56 Å². The van der Waals surface area contributed by atoms with Crippen LogP contribution >= 0.6 is 11.6 Å². The molecule has 0 saturated carbocycles. The standard InChI is InChI=1S/C18H18ClN3O2/c1-13(14-7-9-15(19)10-8-14)21-22-18(24)12-11-17(23)20-16-5-3-2-4-6-16/h2-10H,11-12H2,1H3,(H,20,23)(H,22,24)/b21-13+. The molecule has 5 nitrogen and oxygen atoms in total. The molecule has 0 aliphatic heterocycles. The summed E-state index contributed by atoms with van der Waals surface area (Å²) in [6.07, 6.45) is 0.159. The average molecular weight is 344 g/mol. The van der Waals surface area contributed by atoms with Gasteiger partial charge in [0.05, 0.1) is 5.71 Å². The molecule has 0 spiro atoms. The van der Waals surface area contributed by atoms with E-state index in [4.69, 9.17) is 11.6 Å².